The van der Waals surface area contributed by atoms with Crippen LogP contribution in [-0.2, 0) is 4.79 Å². The fraction of sp³-hybridized carbons (Fsp3) is 0.190. The number of nitrogens with zero attached hydrogens (tertiary/aromatic N) is 1. The Kier molecular flexibility index (Phi) is 5.19. The lowest BCUT2D eigenvalue weighted by molar-refractivity contribution is -0.115. The first-order chi connectivity index (χ1) is 12.8. The maximum atomic E-state index is 12.4. The topological polar surface area (TPSA) is 78.8 Å². The number of benzene rings is 2. The van der Waals surface area contributed by atoms with Crippen molar-refractivity contribution in [2.45, 2.75) is 27.7 Å². The van der Waals surface area contributed by atoms with Crippen LogP contribution < -0.4 is 5.32 Å². The van der Waals surface area contributed by atoms with Crippen LogP contribution in [0.4, 0.5) is 5.69 Å². The molecule has 0 aliphatic carbocycles. The average molecular weight is 380 g/mol. The SMILES string of the molecule is C/C(=C1/SC(=Nc2cc(C(=O)O)ccc2C)NC1=O)c1ccc(C)c(C)c1. The number of thioether (sulfide) groups is 1. The number of carboxylic acid groups (broad SMARTS) is 1. The maximum Gasteiger partial charge on any atom is 0.335 e. The highest BCUT2D eigenvalue weighted by molar-refractivity contribution is 8.18. The molecule has 2 aromatic rings. The molecule has 1 heterocycles. The summed E-state index contributed by atoms with van der Waals surface area (Å²) in [6.07, 6.45) is 0. The molecule has 3 rings (SSSR count). The van der Waals surface area contributed by atoms with Gasteiger partial charge in [0.2, 0.25) is 0 Å². The predicted octanol–water partition coefficient (Wildman–Crippen LogP) is 4.59. The van der Waals surface area contributed by atoms with Gasteiger partial charge in [-0.2, -0.15) is 0 Å². The molecule has 5 nitrogen and oxygen atoms in total. The van der Waals surface area contributed by atoms with Crippen LogP contribution in [0, 0.1) is 20.8 Å². The van der Waals surface area contributed by atoms with Gasteiger partial charge in [-0.25, -0.2) is 9.79 Å². The Bertz CT molecular complexity index is 1020. The number of aliphatic imine (C=N–C) groups is 1. The zero-order valence-electron chi connectivity index (χ0n) is 15.6. The van der Waals surface area contributed by atoms with Gasteiger partial charge in [0.1, 0.15) is 0 Å². The average Bonchev–Trinajstić information content (AvgIpc) is 2.98. The van der Waals surface area contributed by atoms with E-state index in [1.807, 2.05) is 32.9 Å². The van der Waals surface area contributed by atoms with Crippen molar-refractivity contribution in [1.29, 1.82) is 0 Å². The number of amidine groups is 1. The van der Waals surface area contributed by atoms with Crippen LogP contribution in [0.5, 0.6) is 0 Å². The van der Waals surface area contributed by atoms with E-state index in [9.17, 15) is 9.59 Å². The summed E-state index contributed by atoms with van der Waals surface area (Å²) in [7, 11) is 0. The van der Waals surface area contributed by atoms with Gasteiger partial charge in [-0.05, 0) is 79.4 Å². The van der Waals surface area contributed by atoms with E-state index in [1.54, 1.807) is 6.07 Å². The van der Waals surface area contributed by atoms with Crippen LogP contribution in [0.3, 0.4) is 0 Å². The van der Waals surface area contributed by atoms with Gasteiger partial charge in [-0.15, -0.1) is 0 Å². The summed E-state index contributed by atoms with van der Waals surface area (Å²) in [6, 6.07) is 10.9. The van der Waals surface area contributed by atoms with Crippen molar-refractivity contribution in [2.24, 2.45) is 4.99 Å². The van der Waals surface area contributed by atoms with Crippen molar-refractivity contribution in [3.63, 3.8) is 0 Å². The molecule has 1 aliphatic rings. The molecule has 0 radical (unpaired) electrons. The summed E-state index contributed by atoms with van der Waals surface area (Å²) in [5.41, 5.74) is 5.80. The summed E-state index contributed by atoms with van der Waals surface area (Å²) in [5, 5.41) is 12.4. The third-order valence-corrected chi connectivity index (χ3v) is 5.67. The van der Waals surface area contributed by atoms with Crippen LogP contribution in [0.15, 0.2) is 46.3 Å². The van der Waals surface area contributed by atoms with E-state index >= 15 is 0 Å². The fourth-order valence-electron chi connectivity index (χ4n) is 2.70. The Morgan fingerprint density at radius 2 is 1.67 bits per heavy atom. The van der Waals surface area contributed by atoms with Gasteiger partial charge >= 0.3 is 5.97 Å². The first-order valence-electron chi connectivity index (χ1n) is 8.46. The Morgan fingerprint density at radius 1 is 1.00 bits per heavy atom. The molecule has 1 saturated heterocycles. The van der Waals surface area contributed by atoms with Crippen molar-refractivity contribution in [2.75, 3.05) is 0 Å². The standard InChI is InChI=1S/C21H20N2O3S/c1-11-5-7-15(9-13(11)3)14(4)18-19(24)23-21(27-18)22-17-10-16(20(25)26)8-6-12(17)2/h5-10H,1-4H3,(H,25,26)(H,22,23,24)/b18-14-. The number of aromatic carboxylic acids is 1. The number of allylic oxidation sites excluding steroid dienone is 1. The molecule has 27 heavy (non-hydrogen) atoms. The van der Waals surface area contributed by atoms with Gasteiger partial charge in [0.15, 0.2) is 5.17 Å². The van der Waals surface area contributed by atoms with Crippen LogP contribution in [0.2, 0.25) is 0 Å². The molecule has 0 saturated carbocycles. The van der Waals surface area contributed by atoms with E-state index in [4.69, 9.17) is 5.11 Å². The highest BCUT2D eigenvalue weighted by Crippen LogP contribution is 2.34. The molecule has 1 fully saturated rings. The number of hydrogen-bond acceptors (Lipinski definition) is 4. The van der Waals surface area contributed by atoms with Crippen molar-refractivity contribution < 1.29 is 14.7 Å². The van der Waals surface area contributed by atoms with E-state index in [0.29, 0.717) is 15.8 Å². The smallest absolute Gasteiger partial charge is 0.335 e. The third kappa shape index (κ3) is 3.95. The van der Waals surface area contributed by atoms with E-state index < -0.39 is 5.97 Å². The summed E-state index contributed by atoms with van der Waals surface area (Å²) < 4.78 is 0. The van der Waals surface area contributed by atoms with Crippen LogP contribution in [-0.4, -0.2) is 22.2 Å². The number of amides is 1. The first kappa shape index (κ1) is 18.9. The number of aryl methyl sites for hydroxylation is 3. The van der Waals surface area contributed by atoms with Gasteiger partial charge in [0.25, 0.3) is 5.91 Å². The molecule has 6 heteroatoms. The fourth-order valence-corrected chi connectivity index (χ4v) is 3.59. The lowest BCUT2D eigenvalue weighted by Gasteiger charge is -2.07. The summed E-state index contributed by atoms with van der Waals surface area (Å²) >= 11 is 1.27. The molecule has 0 aromatic heterocycles. The first-order valence-corrected chi connectivity index (χ1v) is 9.28. The van der Waals surface area contributed by atoms with Crippen molar-refractivity contribution >= 4 is 40.1 Å². The number of carbonyl (C=O) groups excluding carboxylic acids is 1. The molecule has 0 spiro atoms. The molecule has 1 aliphatic heterocycles. The minimum atomic E-state index is -1.01. The Labute approximate surface area is 162 Å². The second-order valence-electron chi connectivity index (χ2n) is 6.53. The minimum Gasteiger partial charge on any atom is -0.478 e. The van der Waals surface area contributed by atoms with E-state index in [-0.39, 0.29) is 11.5 Å². The molecule has 2 aromatic carbocycles. The second kappa shape index (κ2) is 7.40. The largest absolute Gasteiger partial charge is 0.478 e. The summed E-state index contributed by atoms with van der Waals surface area (Å²) in [5.74, 6) is -1.20. The summed E-state index contributed by atoms with van der Waals surface area (Å²) in [4.78, 5) is 28.7. The molecule has 0 bridgehead atoms. The quantitative estimate of drug-likeness (QED) is 0.763. The van der Waals surface area contributed by atoms with Gasteiger partial charge in [0, 0.05) is 0 Å². The molecule has 2 N–H and O–H groups in total. The number of rotatable bonds is 3. The minimum absolute atomic E-state index is 0.163. The van der Waals surface area contributed by atoms with Crippen molar-refractivity contribution in [3.8, 4) is 0 Å². The molecule has 0 unspecified atom stereocenters. The number of carboxylic acids is 1. The molecule has 0 atom stereocenters. The predicted molar refractivity (Wildman–Crippen MR) is 109 cm³/mol. The van der Waals surface area contributed by atoms with E-state index in [1.165, 1.54) is 35.0 Å². The highest BCUT2D eigenvalue weighted by Gasteiger charge is 2.26. The normalized spacial score (nSPS) is 17.2. The molecular weight excluding hydrogens is 360 g/mol. The molecule has 1 amide bonds. The van der Waals surface area contributed by atoms with E-state index in [2.05, 4.69) is 23.3 Å². The Hall–Kier alpha value is -2.86. The third-order valence-electron chi connectivity index (χ3n) is 4.58. The van der Waals surface area contributed by atoms with Gasteiger partial charge in [-0.3, -0.25) is 4.79 Å². The maximum absolute atomic E-state index is 12.4. The number of nitrogens with one attached hydrogen (secondary N) is 1. The van der Waals surface area contributed by atoms with Gasteiger partial charge in [0.05, 0.1) is 16.2 Å². The zero-order valence-corrected chi connectivity index (χ0v) is 16.4. The Morgan fingerprint density at radius 3 is 2.33 bits per heavy atom. The van der Waals surface area contributed by atoms with Crippen LogP contribution in [0.25, 0.3) is 5.57 Å². The van der Waals surface area contributed by atoms with Gasteiger partial charge < -0.3 is 10.4 Å². The number of carbonyl (C=O) groups is 2. The molecular formula is C21H20N2O3S. The summed E-state index contributed by atoms with van der Waals surface area (Å²) in [6.45, 7) is 7.87. The Balaban J connectivity index is 1.95. The van der Waals surface area contributed by atoms with Crippen molar-refractivity contribution in [3.05, 3.63) is 69.1 Å². The second-order valence-corrected chi connectivity index (χ2v) is 7.53. The molecule has 138 valence electrons. The highest BCUT2D eigenvalue weighted by atomic mass is 32.2. The van der Waals surface area contributed by atoms with Crippen molar-refractivity contribution in [1.82, 2.24) is 5.32 Å². The van der Waals surface area contributed by atoms with Gasteiger partial charge in [-0.1, -0.05) is 24.3 Å². The van der Waals surface area contributed by atoms with E-state index in [0.717, 1.165) is 16.7 Å². The lowest BCUT2D eigenvalue weighted by atomic mass is 10.0. The monoisotopic (exact) mass is 380 g/mol. The van der Waals surface area contributed by atoms with Crippen LogP contribution >= 0.6 is 11.8 Å². The zero-order chi connectivity index (χ0) is 19.7. The number of hydrogen-bond donors (Lipinski definition) is 2. The lowest BCUT2D eigenvalue weighted by Crippen LogP contribution is -2.19. The van der Waals surface area contributed by atoms with Crippen LogP contribution in [0.1, 0.15) is 39.5 Å².